The third-order valence-corrected chi connectivity index (χ3v) is 4.81. The van der Waals surface area contributed by atoms with Crippen molar-refractivity contribution in [2.75, 3.05) is 13.1 Å². The number of halogens is 4. The Morgan fingerprint density at radius 2 is 2.00 bits per heavy atom. The number of nitrogens with zero attached hydrogens (tertiary/aromatic N) is 1. The third-order valence-electron chi connectivity index (χ3n) is 3.62. The number of amides is 1. The number of piperidine rings is 1. The number of carbonyl (C=O) groups excluding carboxylic acids is 1. The number of alkyl halides is 4. The molecule has 2 atom stereocenters. The van der Waals surface area contributed by atoms with Gasteiger partial charge in [0.05, 0.1) is 11.1 Å². The van der Waals surface area contributed by atoms with Gasteiger partial charge >= 0.3 is 6.18 Å². The highest BCUT2D eigenvalue weighted by Gasteiger charge is 2.37. The van der Waals surface area contributed by atoms with Crippen molar-refractivity contribution < 1.29 is 18.0 Å². The van der Waals surface area contributed by atoms with E-state index >= 15 is 0 Å². The molecule has 0 aliphatic carbocycles. The number of carbonyl (C=O) groups is 1. The van der Waals surface area contributed by atoms with E-state index in [2.05, 4.69) is 22.9 Å². The Morgan fingerprint density at radius 3 is 2.60 bits per heavy atom. The second-order valence-electron chi connectivity index (χ2n) is 5.08. The molecule has 1 aromatic rings. The summed E-state index contributed by atoms with van der Waals surface area (Å²) in [5.41, 5.74) is -1.14. The van der Waals surface area contributed by atoms with Crippen LogP contribution < -0.4 is 0 Å². The normalized spacial score (nSPS) is 23.8. The van der Waals surface area contributed by atoms with Crippen molar-refractivity contribution in [3.05, 3.63) is 35.4 Å². The maximum atomic E-state index is 12.9. The SMILES string of the molecule is CC1CCN(C(=O)c2ccccc2C(F)(F)F)CC1Br. The molecule has 2 rings (SSSR count). The van der Waals surface area contributed by atoms with Crippen molar-refractivity contribution in [1.29, 1.82) is 0 Å². The minimum Gasteiger partial charge on any atom is -0.337 e. The van der Waals surface area contributed by atoms with Crippen molar-refractivity contribution in [3.63, 3.8) is 0 Å². The zero-order valence-electron chi connectivity index (χ0n) is 11.0. The van der Waals surface area contributed by atoms with E-state index in [1.165, 1.54) is 23.1 Å². The second kappa shape index (κ2) is 5.76. The van der Waals surface area contributed by atoms with Crippen molar-refractivity contribution in [3.8, 4) is 0 Å². The summed E-state index contributed by atoms with van der Waals surface area (Å²) in [6.45, 7) is 2.99. The van der Waals surface area contributed by atoms with Gasteiger partial charge in [-0.15, -0.1) is 0 Å². The van der Waals surface area contributed by atoms with E-state index in [4.69, 9.17) is 0 Å². The smallest absolute Gasteiger partial charge is 0.337 e. The lowest BCUT2D eigenvalue weighted by molar-refractivity contribution is -0.138. The molecule has 1 aliphatic rings. The van der Waals surface area contributed by atoms with Crippen LogP contribution in [0.2, 0.25) is 0 Å². The molecule has 1 fully saturated rings. The average molecular weight is 350 g/mol. The summed E-state index contributed by atoms with van der Waals surface area (Å²) in [7, 11) is 0. The summed E-state index contributed by atoms with van der Waals surface area (Å²) in [4.78, 5) is 13.9. The van der Waals surface area contributed by atoms with Crippen molar-refractivity contribution in [1.82, 2.24) is 4.90 Å². The molecule has 1 aromatic carbocycles. The van der Waals surface area contributed by atoms with Crippen LogP contribution in [0.25, 0.3) is 0 Å². The van der Waals surface area contributed by atoms with E-state index in [0.717, 1.165) is 12.5 Å². The molecular formula is C14H15BrF3NO. The quantitative estimate of drug-likeness (QED) is 0.703. The Hall–Kier alpha value is -1.04. The van der Waals surface area contributed by atoms with Gasteiger partial charge in [-0.2, -0.15) is 13.2 Å². The number of likely N-dealkylation sites (tertiary alicyclic amines) is 1. The van der Waals surface area contributed by atoms with E-state index in [1.54, 1.807) is 0 Å². The fourth-order valence-electron chi connectivity index (χ4n) is 2.29. The van der Waals surface area contributed by atoms with Crippen LogP contribution in [-0.2, 0) is 6.18 Å². The van der Waals surface area contributed by atoms with Gasteiger partial charge in [-0.05, 0) is 24.5 Å². The number of hydrogen-bond donors (Lipinski definition) is 0. The van der Waals surface area contributed by atoms with Gasteiger partial charge in [-0.1, -0.05) is 35.0 Å². The molecule has 0 N–H and O–H groups in total. The topological polar surface area (TPSA) is 20.3 Å². The Bertz CT molecular complexity index is 503. The minimum atomic E-state index is -4.51. The monoisotopic (exact) mass is 349 g/mol. The van der Waals surface area contributed by atoms with Crippen LogP contribution in [0.1, 0.15) is 29.3 Å². The van der Waals surface area contributed by atoms with E-state index in [9.17, 15) is 18.0 Å². The molecule has 2 nitrogen and oxygen atoms in total. The third kappa shape index (κ3) is 3.16. The lowest BCUT2D eigenvalue weighted by atomic mass is 9.97. The van der Waals surface area contributed by atoms with Gasteiger partial charge in [0.15, 0.2) is 0 Å². The van der Waals surface area contributed by atoms with Gasteiger partial charge in [0.25, 0.3) is 5.91 Å². The molecule has 1 amide bonds. The highest BCUT2D eigenvalue weighted by atomic mass is 79.9. The van der Waals surface area contributed by atoms with Crippen LogP contribution in [0.3, 0.4) is 0 Å². The number of hydrogen-bond acceptors (Lipinski definition) is 1. The fourth-order valence-corrected chi connectivity index (χ4v) is 2.91. The summed E-state index contributed by atoms with van der Waals surface area (Å²) in [6.07, 6.45) is -3.72. The molecular weight excluding hydrogens is 335 g/mol. The summed E-state index contributed by atoms with van der Waals surface area (Å²) in [6, 6.07) is 4.95. The van der Waals surface area contributed by atoms with Gasteiger partial charge in [-0.25, -0.2) is 0 Å². The molecule has 1 heterocycles. The van der Waals surface area contributed by atoms with Gasteiger partial charge in [0.2, 0.25) is 0 Å². The first-order chi connectivity index (χ1) is 9.30. The van der Waals surface area contributed by atoms with Gasteiger partial charge < -0.3 is 4.90 Å². The van der Waals surface area contributed by atoms with E-state index in [-0.39, 0.29) is 10.4 Å². The fraction of sp³-hybridized carbons (Fsp3) is 0.500. The maximum Gasteiger partial charge on any atom is 0.417 e. The lowest BCUT2D eigenvalue weighted by Gasteiger charge is -2.34. The summed E-state index contributed by atoms with van der Waals surface area (Å²) < 4.78 is 38.8. The molecule has 6 heteroatoms. The average Bonchev–Trinajstić information content (AvgIpc) is 2.40. The molecule has 20 heavy (non-hydrogen) atoms. The second-order valence-corrected chi connectivity index (χ2v) is 6.25. The van der Waals surface area contributed by atoms with Crippen molar-refractivity contribution >= 4 is 21.8 Å². The molecule has 110 valence electrons. The first kappa shape index (κ1) is 15.4. The zero-order chi connectivity index (χ0) is 14.9. The Labute approximate surface area is 124 Å². The molecule has 0 aromatic heterocycles. The Balaban J connectivity index is 2.26. The number of benzene rings is 1. The summed E-state index contributed by atoms with van der Waals surface area (Å²) in [5, 5.41) is 0. The highest BCUT2D eigenvalue weighted by molar-refractivity contribution is 9.09. The summed E-state index contributed by atoms with van der Waals surface area (Å²) in [5.74, 6) is -0.133. The molecule has 2 unspecified atom stereocenters. The number of rotatable bonds is 1. The minimum absolute atomic E-state index is 0.123. The van der Waals surface area contributed by atoms with Gasteiger partial charge in [0, 0.05) is 17.9 Å². The van der Waals surface area contributed by atoms with Crippen LogP contribution in [0.4, 0.5) is 13.2 Å². The van der Waals surface area contributed by atoms with Crippen LogP contribution >= 0.6 is 15.9 Å². The molecule has 0 bridgehead atoms. The molecule has 1 aliphatic heterocycles. The van der Waals surface area contributed by atoms with Gasteiger partial charge in [0.1, 0.15) is 0 Å². The van der Waals surface area contributed by atoms with E-state index in [0.29, 0.717) is 19.0 Å². The largest absolute Gasteiger partial charge is 0.417 e. The van der Waals surface area contributed by atoms with Gasteiger partial charge in [-0.3, -0.25) is 4.79 Å². The standard InChI is InChI=1S/C14H15BrF3NO/c1-9-6-7-19(8-12(9)15)13(20)10-4-2-3-5-11(10)14(16,17)18/h2-5,9,12H,6-8H2,1H3. The van der Waals surface area contributed by atoms with Crippen LogP contribution in [0, 0.1) is 5.92 Å². The molecule has 0 spiro atoms. The molecule has 0 radical (unpaired) electrons. The Kier molecular flexibility index (Phi) is 4.42. The highest BCUT2D eigenvalue weighted by Crippen LogP contribution is 2.33. The maximum absolute atomic E-state index is 12.9. The van der Waals surface area contributed by atoms with Crippen LogP contribution in [-0.4, -0.2) is 28.7 Å². The van der Waals surface area contributed by atoms with Crippen LogP contribution in [0.5, 0.6) is 0 Å². The molecule has 0 saturated carbocycles. The zero-order valence-corrected chi connectivity index (χ0v) is 12.5. The van der Waals surface area contributed by atoms with E-state index < -0.39 is 17.6 Å². The van der Waals surface area contributed by atoms with Crippen molar-refractivity contribution in [2.24, 2.45) is 5.92 Å². The lowest BCUT2D eigenvalue weighted by Crippen LogP contribution is -2.44. The molecule has 1 saturated heterocycles. The first-order valence-corrected chi connectivity index (χ1v) is 7.32. The predicted octanol–water partition coefficient (Wildman–Crippen LogP) is 3.95. The van der Waals surface area contributed by atoms with Crippen LogP contribution in [0.15, 0.2) is 24.3 Å². The predicted molar refractivity (Wildman–Crippen MR) is 73.8 cm³/mol. The Morgan fingerprint density at radius 1 is 1.35 bits per heavy atom. The van der Waals surface area contributed by atoms with E-state index in [1.807, 2.05) is 0 Å². The summed E-state index contributed by atoms with van der Waals surface area (Å²) >= 11 is 3.48. The van der Waals surface area contributed by atoms with Crippen molar-refractivity contribution in [2.45, 2.75) is 24.3 Å². The first-order valence-electron chi connectivity index (χ1n) is 6.40.